The quantitative estimate of drug-likeness (QED) is 0.339. The van der Waals surface area contributed by atoms with Crippen molar-refractivity contribution in [3.05, 3.63) is 41.7 Å². The van der Waals surface area contributed by atoms with Gasteiger partial charge >= 0.3 is 0 Å². The van der Waals surface area contributed by atoms with E-state index >= 15 is 0 Å². The molecular formula is C20H24FNO2. The fraction of sp³-hybridized carbons (Fsp3) is 0.450. The second-order valence-electron chi connectivity index (χ2n) is 5.78. The van der Waals surface area contributed by atoms with Crippen LogP contribution in [-0.4, -0.2) is 18.9 Å². The van der Waals surface area contributed by atoms with Crippen LogP contribution in [0.3, 0.4) is 0 Å². The number of nitrogens with zero attached hydrogens (tertiary/aromatic N) is 1. The maximum absolute atomic E-state index is 13.4. The Labute approximate surface area is 143 Å². The van der Waals surface area contributed by atoms with Gasteiger partial charge in [-0.15, -0.1) is 0 Å². The Balaban J connectivity index is 1.98. The van der Waals surface area contributed by atoms with Gasteiger partial charge in [0.2, 0.25) is 0 Å². The molecular weight excluding hydrogens is 305 g/mol. The van der Waals surface area contributed by atoms with E-state index in [4.69, 9.17) is 9.57 Å². The number of hydrogen-bond donors (Lipinski definition) is 0. The monoisotopic (exact) mass is 329 g/mol. The Morgan fingerprint density at radius 2 is 2.25 bits per heavy atom. The summed E-state index contributed by atoms with van der Waals surface area (Å²) in [5.74, 6) is 6.21. The van der Waals surface area contributed by atoms with E-state index < -0.39 is 5.82 Å². The van der Waals surface area contributed by atoms with Gasteiger partial charge in [-0.05, 0) is 50.8 Å². The van der Waals surface area contributed by atoms with Crippen molar-refractivity contribution in [2.24, 2.45) is 11.1 Å². The molecule has 2 atom stereocenters. The van der Waals surface area contributed by atoms with Crippen molar-refractivity contribution < 1.29 is 14.0 Å². The summed E-state index contributed by atoms with van der Waals surface area (Å²) in [6, 6.07) is 4.54. The standard InChI is InChI=1S/C20H24FNO2/c1-4-19(17-8-6-5-7-9-17)22-24-15(2)10-11-16-12-13-18(21)20(14-16)23-3/h5-6,12-15,17H,4,7-9H2,1-3H3/b22-19+/t15-,17?/m0/s1. The fourth-order valence-electron chi connectivity index (χ4n) is 2.62. The van der Waals surface area contributed by atoms with Crippen LogP contribution in [0.1, 0.15) is 45.1 Å². The van der Waals surface area contributed by atoms with Crippen LogP contribution in [0.2, 0.25) is 0 Å². The number of allylic oxidation sites excluding steroid dienone is 2. The van der Waals surface area contributed by atoms with Gasteiger partial charge in [0.05, 0.1) is 12.8 Å². The lowest BCUT2D eigenvalue weighted by molar-refractivity contribution is 0.110. The minimum Gasteiger partial charge on any atom is -0.494 e. The zero-order valence-corrected chi connectivity index (χ0v) is 14.5. The van der Waals surface area contributed by atoms with E-state index in [9.17, 15) is 4.39 Å². The lowest BCUT2D eigenvalue weighted by Crippen LogP contribution is -2.16. The first-order chi connectivity index (χ1) is 11.6. The lowest BCUT2D eigenvalue weighted by atomic mass is 9.89. The number of halogens is 1. The third-order valence-electron chi connectivity index (χ3n) is 4.00. The lowest BCUT2D eigenvalue weighted by Gasteiger charge is -2.19. The van der Waals surface area contributed by atoms with Gasteiger partial charge in [-0.2, -0.15) is 0 Å². The molecule has 4 heteroatoms. The fourth-order valence-corrected chi connectivity index (χ4v) is 2.62. The maximum Gasteiger partial charge on any atom is 0.185 e. The zero-order chi connectivity index (χ0) is 17.4. The first kappa shape index (κ1) is 18.1. The molecule has 0 N–H and O–H groups in total. The number of methoxy groups -OCH3 is 1. The van der Waals surface area contributed by atoms with Crippen molar-refractivity contribution in [2.45, 2.75) is 45.6 Å². The summed E-state index contributed by atoms with van der Waals surface area (Å²) in [7, 11) is 1.43. The zero-order valence-electron chi connectivity index (χ0n) is 14.5. The predicted molar refractivity (Wildman–Crippen MR) is 94.6 cm³/mol. The smallest absolute Gasteiger partial charge is 0.185 e. The number of ether oxygens (including phenoxy) is 1. The molecule has 1 aliphatic rings. The molecule has 0 fully saturated rings. The molecule has 1 aliphatic carbocycles. The first-order valence-electron chi connectivity index (χ1n) is 8.36. The van der Waals surface area contributed by atoms with E-state index in [2.05, 4.69) is 36.1 Å². The summed E-state index contributed by atoms with van der Waals surface area (Å²) >= 11 is 0. The number of oxime groups is 1. The van der Waals surface area contributed by atoms with Gasteiger partial charge in [0.25, 0.3) is 0 Å². The summed E-state index contributed by atoms with van der Waals surface area (Å²) < 4.78 is 18.3. The van der Waals surface area contributed by atoms with Gasteiger partial charge < -0.3 is 9.57 Å². The average Bonchev–Trinajstić information content (AvgIpc) is 2.62. The molecule has 0 aliphatic heterocycles. The van der Waals surface area contributed by atoms with Crippen LogP contribution < -0.4 is 4.74 Å². The van der Waals surface area contributed by atoms with Crippen molar-refractivity contribution in [3.63, 3.8) is 0 Å². The molecule has 24 heavy (non-hydrogen) atoms. The van der Waals surface area contributed by atoms with Crippen LogP contribution in [0.15, 0.2) is 35.5 Å². The van der Waals surface area contributed by atoms with Gasteiger partial charge in [-0.1, -0.05) is 36.1 Å². The molecule has 0 aromatic heterocycles. The Morgan fingerprint density at radius 1 is 1.42 bits per heavy atom. The molecule has 2 rings (SSSR count). The third kappa shape index (κ3) is 5.13. The van der Waals surface area contributed by atoms with Crippen LogP contribution in [-0.2, 0) is 4.84 Å². The van der Waals surface area contributed by atoms with Crippen LogP contribution in [0, 0.1) is 23.6 Å². The van der Waals surface area contributed by atoms with Gasteiger partial charge in [-0.3, -0.25) is 0 Å². The normalized spacial score (nSPS) is 18.5. The van der Waals surface area contributed by atoms with Crippen LogP contribution in [0.25, 0.3) is 0 Å². The van der Waals surface area contributed by atoms with Crippen molar-refractivity contribution >= 4 is 5.71 Å². The van der Waals surface area contributed by atoms with Crippen LogP contribution in [0.4, 0.5) is 4.39 Å². The van der Waals surface area contributed by atoms with Crippen molar-refractivity contribution in [2.75, 3.05) is 7.11 Å². The summed E-state index contributed by atoms with van der Waals surface area (Å²) in [4.78, 5) is 5.54. The highest BCUT2D eigenvalue weighted by Gasteiger charge is 2.16. The highest BCUT2D eigenvalue weighted by molar-refractivity contribution is 5.86. The molecule has 0 heterocycles. The van der Waals surface area contributed by atoms with E-state index in [1.165, 1.54) is 13.2 Å². The van der Waals surface area contributed by atoms with Crippen LogP contribution >= 0.6 is 0 Å². The topological polar surface area (TPSA) is 30.8 Å². The molecule has 0 radical (unpaired) electrons. The molecule has 3 nitrogen and oxygen atoms in total. The van der Waals surface area contributed by atoms with E-state index in [1.807, 2.05) is 6.92 Å². The number of hydrogen-bond acceptors (Lipinski definition) is 3. The van der Waals surface area contributed by atoms with Crippen LogP contribution in [0.5, 0.6) is 5.75 Å². The summed E-state index contributed by atoms with van der Waals surface area (Å²) in [5, 5.41) is 4.32. The van der Waals surface area contributed by atoms with E-state index in [0.717, 1.165) is 31.4 Å². The molecule has 1 aromatic carbocycles. The molecule has 1 unspecified atom stereocenters. The number of rotatable bonds is 5. The molecule has 0 saturated heterocycles. The minimum absolute atomic E-state index is 0.187. The number of benzene rings is 1. The van der Waals surface area contributed by atoms with E-state index in [0.29, 0.717) is 11.5 Å². The Hall–Kier alpha value is -2.28. The molecule has 0 bridgehead atoms. The second-order valence-corrected chi connectivity index (χ2v) is 5.78. The summed E-state index contributed by atoms with van der Waals surface area (Å²) in [6.07, 6.45) is 8.24. The molecule has 0 saturated carbocycles. The SMILES string of the molecule is CC/C(=N\O[C@@H](C)C#Cc1ccc(F)c(OC)c1)C1CC=CCC1. The maximum atomic E-state index is 13.4. The van der Waals surface area contributed by atoms with E-state index in [1.54, 1.807) is 12.1 Å². The first-order valence-corrected chi connectivity index (χ1v) is 8.36. The predicted octanol–water partition coefficient (Wildman–Crippen LogP) is 4.71. The summed E-state index contributed by atoms with van der Waals surface area (Å²) in [6.45, 7) is 3.95. The van der Waals surface area contributed by atoms with Crippen molar-refractivity contribution in [1.82, 2.24) is 0 Å². The molecule has 0 spiro atoms. The largest absolute Gasteiger partial charge is 0.494 e. The minimum atomic E-state index is -0.397. The summed E-state index contributed by atoms with van der Waals surface area (Å²) in [5.41, 5.74) is 1.78. The third-order valence-corrected chi connectivity index (χ3v) is 4.00. The van der Waals surface area contributed by atoms with Gasteiger partial charge in [0.1, 0.15) is 0 Å². The highest BCUT2D eigenvalue weighted by atomic mass is 19.1. The molecule has 0 amide bonds. The molecule has 1 aromatic rings. The second kappa shape index (κ2) is 9.12. The highest BCUT2D eigenvalue weighted by Crippen LogP contribution is 2.21. The van der Waals surface area contributed by atoms with Crippen molar-refractivity contribution in [1.29, 1.82) is 0 Å². The Morgan fingerprint density at radius 3 is 2.92 bits per heavy atom. The average molecular weight is 329 g/mol. The Bertz CT molecular complexity index is 670. The molecule has 128 valence electrons. The van der Waals surface area contributed by atoms with Gasteiger partial charge in [0, 0.05) is 11.5 Å². The van der Waals surface area contributed by atoms with Gasteiger partial charge in [0.15, 0.2) is 17.7 Å². The Kier molecular flexibility index (Phi) is 6.87. The van der Waals surface area contributed by atoms with E-state index in [-0.39, 0.29) is 11.9 Å². The van der Waals surface area contributed by atoms with Crippen molar-refractivity contribution in [3.8, 4) is 17.6 Å². The van der Waals surface area contributed by atoms with Gasteiger partial charge in [-0.25, -0.2) is 4.39 Å².